The Morgan fingerprint density at radius 3 is 3.00 bits per heavy atom. The van der Waals surface area contributed by atoms with Crippen LogP contribution in [0.5, 0.6) is 0 Å². The van der Waals surface area contributed by atoms with Gasteiger partial charge in [0.15, 0.2) is 5.65 Å². The average molecular weight is 272 g/mol. The van der Waals surface area contributed by atoms with Gasteiger partial charge in [-0.05, 0) is 23.8 Å². The van der Waals surface area contributed by atoms with E-state index in [9.17, 15) is 4.79 Å². The van der Waals surface area contributed by atoms with Crippen LogP contribution in [0.25, 0.3) is 16.9 Å². The molecule has 19 heavy (non-hydrogen) atoms. The monoisotopic (exact) mass is 271 g/mol. The zero-order valence-electron chi connectivity index (χ0n) is 9.95. The van der Waals surface area contributed by atoms with E-state index < -0.39 is 0 Å². The topological polar surface area (TPSA) is 47.3 Å². The number of rotatable bonds is 3. The minimum Gasteiger partial charge on any atom is -0.303 e. The molecule has 0 aliphatic rings. The number of aromatic nitrogens is 3. The number of aldehydes is 1. The maximum Gasteiger partial charge on any atom is 0.154 e. The Balaban J connectivity index is 2.15. The summed E-state index contributed by atoms with van der Waals surface area (Å²) < 4.78 is 1.70. The lowest BCUT2D eigenvalue weighted by Gasteiger charge is -2.03. The van der Waals surface area contributed by atoms with Gasteiger partial charge >= 0.3 is 0 Å². The lowest BCUT2D eigenvalue weighted by molar-refractivity contribution is -0.107. The van der Waals surface area contributed by atoms with E-state index in [2.05, 4.69) is 10.1 Å². The van der Waals surface area contributed by atoms with Crippen LogP contribution in [0, 0.1) is 0 Å². The van der Waals surface area contributed by atoms with Crippen molar-refractivity contribution < 1.29 is 4.79 Å². The third kappa shape index (κ3) is 2.22. The fourth-order valence-electron chi connectivity index (χ4n) is 2.00. The van der Waals surface area contributed by atoms with Crippen LogP contribution >= 0.6 is 11.6 Å². The van der Waals surface area contributed by atoms with Gasteiger partial charge < -0.3 is 4.79 Å². The van der Waals surface area contributed by atoms with Crippen LogP contribution in [0.1, 0.15) is 5.56 Å². The normalized spacial score (nSPS) is 10.8. The first-order valence-electron chi connectivity index (χ1n) is 5.81. The van der Waals surface area contributed by atoms with Gasteiger partial charge in [-0.15, -0.1) is 0 Å². The van der Waals surface area contributed by atoms with Crippen molar-refractivity contribution >= 4 is 23.5 Å². The highest BCUT2D eigenvalue weighted by molar-refractivity contribution is 6.29. The number of nitrogens with zero attached hydrogens (tertiary/aromatic N) is 3. The summed E-state index contributed by atoms with van der Waals surface area (Å²) >= 11 is 5.91. The fraction of sp³-hybridized carbons (Fsp3) is 0.0714. The molecular formula is C14H10ClN3O. The van der Waals surface area contributed by atoms with Crippen molar-refractivity contribution in [3.05, 3.63) is 53.3 Å². The Kier molecular flexibility index (Phi) is 3.01. The minimum absolute atomic E-state index is 0.402. The molecule has 94 valence electrons. The summed E-state index contributed by atoms with van der Waals surface area (Å²) in [5.74, 6) is 0. The molecule has 3 aromatic rings. The Labute approximate surface area is 114 Å². The van der Waals surface area contributed by atoms with Crippen molar-refractivity contribution in [3.63, 3.8) is 0 Å². The lowest BCUT2D eigenvalue weighted by atomic mass is 10.1. The molecule has 0 radical (unpaired) electrons. The zero-order chi connectivity index (χ0) is 13.2. The van der Waals surface area contributed by atoms with Crippen molar-refractivity contribution in [2.45, 2.75) is 6.42 Å². The van der Waals surface area contributed by atoms with Crippen molar-refractivity contribution in [2.75, 3.05) is 0 Å². The van der Waals surface area contributed by atoms with Gasteiger partial charge in [-0.3, -0.25) is 0 Å². The maximum atomic E-state index is 10.6. The Morgan fingerprint density at radius 1 is 1.26 bits per heavy atom. The first-order valence-corrected chi connectivity index (χ1v) is 6.19. The van der Waals surface area contributed by atoms with E-state index in [-0.39, 0.29) is 0 Å². The second-order valence-electron chi connectivity index (χ2n) is 4.14. The van der Waals surface area contributed by atoms with Gasteiger partial charge in [-0.1, -0.05) is 29.8 Å². The van der Waals surface area contributed by atoms with Gasteiger partial charge in [0.05, 0.1) is 11.9 Å². The van der Waals surface area contributed by atoms with E-state index in [4.69, 9.17) is 11.6 Å². The van der Waals surface area contributed by atoms with Crippen molar-refractivity contribution in [1.82, 2.24) is 14.6 Å². The standard InChI is InChI=1S/C14H10ClN3O/c15-13-4-5-14-16-9-12(18(14)17-13)11-3-1-2-10(8-11)6-7-19/h1-5,7-9H,6H2. The highest BCUT2D eigenvalue weighted by atomic mass is 35.5. The molecule has 0 aliphatic heterocycles. The third-order valence-electron chi connectivity index (χ3n) is 2.87. The van der Waals surface area contributed by atoms with Gasteiger partial charge in [0, 0.05) is 12.0 Å². The van der Waals surface area contributed by atoms with E-state index in [1.165, 1.54) is 0 Å². The van der Waals surface area contributed by atoms with E-state index >= 15 is 0 Å². The molecule has 0 saturated heterocycles. The number of fused-ring (bicyclic) bond motifs is 1. The largest absolute Gasteiger partial charge is 0.303 e. The highest BCUT2D eigenvalue weighted by Crippen LogP contribution is 2.22. The van der Waals surface area contributed by atoms with E-state index in [0.29, 0.717) is 11.6 Å². The molecule has 0 fully saturated rings. The predicted octanol–water partition coefficient (Wildman–Crippen LogP) is 2.79. The maximum absolute atomic E-state index is 10.6. The first kappa shape index (κ1) is 11.9. The number of imidazole rings is 1. The van der Waals surface area contributed by atoms with Gasteiger partial charge in [0.2, 0.25) is 0 Å². The summed E-state index contributed by atoms with van der Waals surface area (Å²) in [6.07, 6.45) is 3.04. The van der Waals surface area contributed by atoms with Crippen LogP contribution in [0.2, 0.25) is 5.15 Å². The van der Waals surface area contributed by atoms with Gasteiger partial charge in [0.1, 0.15) is 11.4 Å². The summed E-state index contributed by atoms with van der Waals surface area (Å²) in [6, 6.07) is 11.3. The smallest absolute Gasteiger partial charge is 0.154 e. The van der Waals surface area contributed by atoms with Crippen LogP contribution in [0.3, 0.4) is 0 Å². The van der Waals surface area contributed by atoms with Gasteiger partial charge in [-0.25, -0.2) is 9.50 Å². The number of benzene rings is 1. The second kappa shape index (κ2) is 4.82. The molecule has 0 N–H and O–H groups in total. The molecule has 0 aliphatic carbocycles. The molecular weight excluding hydrogens is 262 g/mol. The predicted molar refractivity (Wildman–Crippen MR) is 73.2 cm³/mol. The Hall–Kier alpha value is -2.20. The highest BCUT2D eigenvalue weighted by Gasteiger charge is 2.08. The molecule has 2 heterocycles. The van der Waals surface area contributed by atoms with E-state index in [0.717, 1.165) is 28.8 Å². The lowest BCUT2D eigenvalue weighted by Crippen LogP contribution is -1.95. The molecule has 0 bridgehead atoms. The molecule has 0 saturated carbocycles. The summed E-state index contributed by atoms with van der Waals surface area (Å²) in [6.45, 7) is 0. The second-order valence-corrected chi connectivity index (χ2v) is 4.53. The molecule has 4 nitrogen and oxygen atoms in total. The first-order chi connectivity index (χ1) is 9.28. The number of hydrogen-bond acceptors (Lipinski definition) is 3. The molecule has 0 spiro atoms. The summed E-state index contributed by atoms with van der Waals surface area (Å²) in [7, 11) is 0. The Bertz CT molecular complexity index is 751. The number of hydrogen-bond donors (Lipinski definition) is 0. The average Bonchev–Trinajstić information content (AvgIpc) is 2.82. The van der Waals surface area contributed by atoms with Crippen LogP contribution in [-0.4, -0.2) is 20.9 Å². The minimum atomic E-state index is 0.402. The summed E-state index contributed by atoms with van der Waals surface area (Å²) in [4.78, 5) is 14.9. The molecule has 1 aromatic carbocycles. The van der Waals surface area contributed by atoms with Crippen molar-refractivity contribution in [3.8, 4) is 11.3 Å². The molecule has 5 heteroatoms. The Morgan fingerprint density at radius 2 is 2.16 bits per heavy atom. The summed E-state index contributed by atoms with van der Waals surface area (Å²) in [5, 5.41) is 4.65. The number of carbonyl (C=O) groups excluding carboxylic acids is 1. The number of halogens is 1. The van der Waals surface area contributed by atoms with E-state index in [1.807, 2.05) is 30.3 Å². The zero-order valence-corrected chi connectivity index (χ0v) is 10.7. The van der Waals surface area contributed by atoms with Crippen molar-refractivity contribution in [1.29, 1.82) is 0 Å². The molecule has 2 aromatic heterocycles. The quantitative estimate of drug-likeness (QED) is 0.688. The van der Waals surface area contributed by atoms with Crippen LogP contribution in [-0.2, 0) is 11.2 Å². The molecule has 0 unspecified atom stereocenters. The van der Waals surface area contributed by atoms with Gasteiger partial charge in [0.25, 0.3) is 0 Å². The van der Waals surface area contributed by atoms with E-state index in [1.54, 1.807) is 16.8 Å². The fourth-order valence-corrected chi connectivity index (χ4v) is 2.14. The van der Waals surface area contributed by atoms with Gasteiger partial charge in [-0.2, -0.15) is 5.10 Å². The SMILES string of the molecule is O=CCc1cccc(-c2cnc3ccc(Cl)nn23)c1. The van der Waals surface area contributed by atoms with Crippen LogP contribution in [0.15, 0.2) is 42.6 Å². The molecule has 0 atom stereocenters. The summed E-state index contributed by atoms with van der Waals surface area (Å²) in [5.41, 5.74) is 3.51. The number of carbonyl (C=O) groups is 1. The van der Waals surface area contributed by atoms with Crippen LogP contribution < -0.4 is 0 Å². The molecule has 0 amide bonds. The molecule has 3 rings (SSSR count). The van der Waals surface area contributed by atoms with Crippen LogP contribution in [0.4, 0.5) is 0 Å². The van der Waals surface area contributed by atoms with Crippen molar-refractivity contribution in [2.24, 2.45) is 0 Å². The third-order valence-corrected chi connectivity index (χ3v) is 3.07.